The predicted octanol–water partition coefficient (Wildman–Crippen LogP) is 2.71. The maximum Gasteiger partial charge on any atom is 0.231 e. The van der Waals surface area contributed by atoms with Crippen molar-refractivity contribution in [1.82, 2.24) is 0 Å². The third-order valence-electron chi connectivity index (χ3n) is 3.91. The van der Waals surface area contributed by atoms with Crippen molar-refractivity contribution in [1.29, 1.82) is 0 Å². The highest BCUT2D eigenvalue weighted by molar-refractivity contribution is 5.97. The van der Waals surface area contributed by atoms with E-state index in [4.69, 9.17) is 5.73 Å². The number of hydrogen-bond donors (Lipinski definition) is 1. The summed E-state index contributed by atoms with van der Waals surface area (Å²) in [5.74, 6) is 0.142. The van der Waals surface area contributed by atoms with Gasteiger partial charge in [0.25, 0.3) is 0 Å². The Kier molecular flexibility index (Phi) is 3.18. The lowest BCUT2D eigenvalue weighted by atomic mass is 10.1. The fourth-order valence-electron chi connectivity index (χ4n) is 2.72. The highest BCUT2D eigenvalue weighted by atomic mass is 16.2. The van der Waals surface area contributed by atoms with E-state index in [-0.39, 0.29) is 5.91 Å². The Bertz CT molecular complexity index is 664. The molecule has 0 bridgehead atoms. The topological polar surface area (TPSA) is 46.3 Å². The van der Waals surface area contributed by atoms with Crippen molar-refractivity contribution < 1.29 is 4.79 Å². The van der Waals surface area contributed by atoms with Crippen LogP contribution >= 0.6 is 0 Å². The summed E-state index contributed by atoms with van der Waals surface area (Å²) in [6.07, 6.45) is 1.36. The summed E-state index contributed by atoms with van der Waals surface area (Å²) in [5, 5.41) is 0. The highest BCUT2D eigenvalue weighted by Crippen LogP contribution is 2.30. The maximum absolute atomic E-state index is 12.5. The summed E-state index contributed by atoms with van der Waals surface area (Å²) in [6.45, 7) is 2.79. The van der Waals surface area contributed by atoms with Gasteiger partial charge < -0.3 is 10.6 Å². The molecule has 20 heavy (non-hydrogen) atoms. The number of carbonyl (C=O) groups excluding carboxylic acids is 1. The highest BCUT2D eigenvalue weighted by Gasteiger charge is 2.24. The normalized spacial score (nSPS) is 13.3. The third kappa shape index (κ3) is 2.27. The Labute approximate surface area is 119 Å². The van der Waals surface area contributed by atoms with Crippen molar-refractivity contribution in [3.8, 4) is 0 Å². The molecule has 0 saturated carbocycles. The summed E-state index contributed by atoms with van der Waals surface area (Å²) in [7, 11) is 0. The molecule has 102 valence electrons. The van der Waals surface area contributed by atoms with Gasteiger partial charge in [-0.15, -0.1) is 0 Å². The van der Waals surface area contributed by atoms with Crippen molar-refractivity contribution in [3.63, 3.8) is 0 Å². The molecule has 3 heteroatoms. The summed E-state index contributed by atoms with van der Waals surface area (Å²) in [6, 6.07) is 13.8. The molecule has 0 saturated heterocycles. The van der Waals surface area contributed by atoms with Gasteiger partial charge in [0.15, 0.2) is 0 Å². The Morgan fingerprint density at radius 3 is 2.85 bits per heavy atom. The predicted molar refractivity (Wildman–Crippen MR) is 81.8 cm³/mol. The lowest BCUT2D eigenvalue weighted by molar-refractivity contribution is -0.117. The molecule has 1 heterocycles. The van der Waals surface area contributed by atoms with E-state index in [9.17, 15) is 4.79 Å². The fraction of sp³-hybridized carbons (Fsp3) is 0.235. The van der Waals surface area contributed by atoms with Crippen molar-refractivity contribution >= 4 is 17.3 Å². The maximum atomic E-state index is 12.5. The van der Waals surface area contributed by atoms with Crippen molar-refractivity contribution in [2.45, 2.75) is 19.8 Å². The van der Waals surface area contributed by atoms with E-state index in [1.807, 2.05) is 54.3 Å². The van der Waals surface area contributed by atoms with Crippen LogP contribution < -0.4 is 10.6 Å². The zero-order valence-electron chi connectivity index (χ0n) is 11.6. The Morgan fingerprint density at radius 2 is 2.05 bits per heavy atom. The Balaban J connectivity index is 1.84. The van der Waals surface area contributed by atoms with Crippen molar-refractivity contribution in [2.75, 3.05) is 17.2 Å². The van der Waals surface area contributed by atoms with Crippen LogP contribution in [-0.2, 0) is 17.6 Å². The first kappa shape index (κ1) is 12.7. The second-order valence-corrected chi connectivity index (χ2v) is 5.29. The van der Waals surface area contributed by atoms with E-state index in [2.05, 4.69) is 0 Å². The standard InChI is InChI=1S/C17H18N2O/c1-12-4-2-3-5-14(12)10-17(20)19-9-8-13-6-7-15(18)11-16(13)19/h2-7,11H,8-10,18H2,1H3. The minimum absolute atomic E-state index is 0.142. The summed E-state index contributed by atoms with van der Waals surface area (Å²) >= 11 is 0. The van der Waals surface area contributed by atoms with Gasteiger partial charge in [0, 0.05) is 17.9 Å². The van der Waals surface area contributed by atoms with Gasteiger partial charge in [-0.3, -0.25) is 4.79 Å². The van der Waals surface area contributed by atoms with Gasteiger partial charge in [-0.2, -0.15) is 0 Å². The van der Waals surface area contributed by atoms with E-state index >= 15 is 0 Å². The molecule has 3 nitrogen and oxygen atoms in total. The molecular formula is C17H18N2O. The number of nitrogen functional groups attached to an aromatic ring is 1. The molecular weight excluding hydrogens is 248 g/mol. The van der Waals surface area contributed by atoms with Crippen LogP contribution in [0.1, 0.15) is 16.7 Å². The van der Waals surface area contributed by atoms with Crippen LogP contribution in [0.5, 0.6) is 0 Å². The van der Waals surface area contributed by atoms with Gasteiger partial charge in [0.05, 0.1) is 6.42 Å². The third-order valence-corrected chi connectivity index (χ3v) is 3.91. The molecule has 1 aliphatic rings. The number of rotatable bonds is 2. The average Bonchev–Trinajstić information content (AvgIpc) is 2.84. The molecule has 3 rings (SSSR count). The molecule has 0 aliphatic carbocycles. The Hall–Kier alpha value is -2.29. The second-order valence-electron chi connectivity index (χ2n) is 5.29. The minimum Gasteiger partial charge on any atom is -0.399 e. The fourth-order valence-corrected chi connectivity index (χ4v) is 2.72. The number of nitrogens with two attached hydrogens (primary N) is 1. The zero-order valence-corrected chi connectivity index (χ0v) is 11.6. The smallest absolute Gasteiger partial charge is 0.231 e. The van der Waals surface area contributed by atoms with Gasteiger partial charge in [0.1, 0.15) is 0 Å². The number of nitrogens with zero attached hydrogens (tertiary/aromatic N) is 1. The van der Waals surface area contributed by atoms with E-state index in [0.717, 1.165) is 29.8 Å². The lowest BCUT2D eigenvalue weighted by Crippen LogP contribution is -2.30. The second kappa shape index (κ2) is 5.00. The summed E-state index contributed by atoms with van der Waals surface area (Å²) < 4.78 is 0. The first-order valence-corrected chi connectivity index (χ1v) is 6.88. The number of aryl methyl sites for hydroxylation is 1. The molecule has 0 aromatic heterocycles. The monoisotopic (exact) mass is 266 g/mol. The van der Waals surface area contributed by atoms with Crippen molar-refractivity contribution in [2.24, 2.45) is 0 Å². The summed E-state index contributed by atoms with van der Waals surface area (Å²) in [5.41, 5.74) is 11.0. The van der Waals surface area contributed by atoms with Gasteiger partial charge in [-0.25, -0.2) is 0 Å². The van der Waals surface area contributed by atoms with E-state index in [1.54, 1.807) is 0 Å². The van der Waals surface area contributed by atoms with Crippen LogP contribution in [0.3, 0.4) is 0 Å². The van der Waals surface area contributed by atoms with E-state index < -0.39 is 0 Å². The van der Waals surface area contributed by atoms with E-state index in [1.165, 1.54) is 5.56 Å². The quantitative estimate of drug-likeness (QED) is 0.849. The van der Waals surface area contributed by atoms with Crippen LogP contribution in [0.15, 0.2) is 42.5 Å². The molecule has 0 atom stereocenters. The number of benzene rings is 2. The number of amides is 1. The molecule has 0 radical (unpaired) electrons. The SMILES string of the molecule is Cc1ccccc1CC(=O)N1CCc2ccc(N)cc21. The number of carbonyl (C=O) groups is 1. The lowest BCUT2D eigenvalue weighted by Gasteiger charge is -2.18. The van der Waals surface area contributed by atoms with Crippen LogP contribution in [0.2, 0.25) is 0 Å². The van der Waals surface area contributed by atoms with Gasteiger partial charge in [-0.1, -0.05) is 30.3 Å². The number of anilines is 2. The molecule has 2 N–H and O–H groups in total. The largest absolute Gasteiger partial charge is 0.399 e. The Morgan fingerprint density at radius 1 is 1.25 bits per heavy atom. The van der Waals surface area contributed by atoms with Crippen LogP contribution in [-0.4, -0.2) is 12.5 Å². The van der Waals surface area contributed by atoms with Gasteiger partial charge in [-0.05, 0) is 42.2 Å². The van der Waals surface area contributed by atoms with Crippen LogP contribution in [0, 0.1) is 6.92 Å². The first-order chi connectivity index (χ1) is 9.65. The molecule has 2 aromatic rings. The van der Waals surface area contributed by atoms with Gasteiger partial charge in [0.2, 0.25) is 5.91 Å². The minimum atomic E-state index is 0.142. The average molecular weight is 266 g/mol. The van der Waals surface area contributed by atoms with Crippen molar-refractivity contribution in [3.05, 3.63) is 59.2 Å². The number of fused-ring (bicyclic) bond motifs is 1. The van der Waals surface area contributed by atoms with Crippen LogP contribution in [0.4, 0.5) is 11.4 Å². The van der Waals surface area contributed by atoms with Crippen LogP contribution in [0.25, 0.3) is 0 Å². The van der Waals surface area contributed by atoms with E-state index in [0.29, 0.717) is 12.1 Å². The molecule has 1 amide bonds. The molecule has 0 unspecified atom stereocenters. The molecule has 0 fully saturated rings. The molecule has 2 aromatic carbocycles. The zero-order chi connectivity index (χ0) is 14.1. The summed E-state index contributed by atoms with van der Waals surface area (Å²) in [4.78, 5) is 14.4. The van der Waals surface area contributed by atoms with Gasteiger partial charge >= 0.3 is 0 Å². The number of hydrogen-bond acceptors (Lipinski definition) is 2. The molecule has 1 aliphatic heterocycles. The molecule has 0 spiro atoms. The first-order valence-electron chi connectivity index (χ1n) is 6.88.